The number of hydrogen-bond donors (Lipinski definition) is 1. The van der Waals surface area contributed by atoms with Crippen LogP contribution >= 0.6 is 0 Å². The number of fused-ring (bicyclic) bond motifs is 5. The van der Waals surface area contributed by atoms with Gasteiger partial charge in [0.15, 0.2) is 5.76 Å². The van der Waals surface area contributed by atoms with Gasteiger partial charge in [0.1, 0.15) is 6.61 Å². The molecule has 0 spiro atoms. The average Bonchev–Trinajstić information content (AvgIpc) is 3.59. The Labute approximate surface area is 220 Å². The van der Waals surface area contributed by atoms with Gasteiger partial charge in [-0.05, 0) is 27.8 Å². The molecule has 3 aliphatic rings. The summed E-state index contributed by atoms with van der Waals surface area (Å²) in [6.07, 6.45) is 2.04. The fourth-order valence-corrected chi connectivity index (χ4v) is 6.49. The largest absolute Gasteiger partial charge is 0.448 e. The van der Waals surface area contributed by atoms with Gasteiger partial charge < -0.3 is 19.1 Å². The van der Waals surface area contributed by atoms with Crippen molar-refractivity contribution in [2.24, 2.45) is 0 Å². The lowest BCUT2D eigenvalue weighted by Gasteiger charge is -2.51. The Morgan fingerprint density at radius 3 is 2.16 bits per heavy atom. The number of carbonyl (C=O) groups is 1. The molecular weight excluding hydrogens is 480 g/mol. The number of nitrogens with zero attached hydrogens (tertiary/aromatic N) is 2. The number of piperidine rings is 1. The van der Waals surface area contributed by atoms with E-state index in [0.29, 0.717) is 31.8 Å². The fourth-order valence-electron chi connectivity index (χ4n) is 6.49. The van der Waals surface area contributed by atoms with Crippen LogP contribution in [0.15, 0.2) is 89.6 Å². The van der Waals surface area contributed by atoms with Crippen LogP contribution in [0.2, 0.25) is 0 Å². The third-order valence-corrected chi connectivity index (χ3v) is 8.25. The average molecular weight is 509 g/mol. The third-order valence-electron chi connectivity index (χ3n) is 8.25. The molecule has 7 rings (SSSR count). The molecule has 1 aromatic heterocycles. The zero-order valence-corrected chi connectivity index (χ0v) is 20.8. The number of rotatable bonds is 4. The van der Waals surface area contributed by atoms with E-state index in [1.165, 1.54) is 22.3 Å². The van der Waals surface area contributed by atoms with Gasteiger partial charge in [0.2, 0.25) is 0 Å². The molecule has 7 heteroatoms. The maximum absolute atomic E-state index is 13.5. The van der Waals surface area contributed by atoms with Crippen LogP contribution in [0, 0.1) is 0 Å². The quantitative estimate of drug-likeness (QED) is 0.401. The van der Waals surface area contributed by atoms with Crippen molar-refractivity contribution in [1.82, 2.24) is 10.1 Å². The molecule has 3 aromatic carbocycles. The normalized spacial score (nSPS) is 24.1. The fraction of sp³-hybridized carbons (Fsp3) is 0.290. The van der Waals surface area contributed by atoms with Crippen LogP contribution in [0.1, 0.15) is 35.4 Å². The molecule has 2 fully saturated rings. The number of aromatic nitrogens is 1. The van der Waals surface area contributed by atoms with E-state index >= 15 is 0 Å². The highest BCUT2D eigenvalue weighted by molar-refractivity contribution is 5.79. The molecule has 192 valence electrons. The highest BCUT2D eigenvalue weighted by atomic mass is 16.6. The standard InChI is InChI=1S/C31H28N2O5/c34-30(37-19-28-26-7-3-1-5-24(26)25-6-2-4-8-27(25)28)33-22-15-31(35,16-23(33)18-36-17-22)21-11-9-20(10-12-21)29-13-14-32-38-29/h1-14,22-23,28,35H,15-19H2. The molecule has 0 radical (unpaired) electrons. The number of benzene rings is 3. The first kappa shape index (κ1) is 23.2. The Morgan fingerprint density at radius 2 is 1.55 bits per heavy atom. The minimum absolute atomic E-state index is 0.00652. The Bertz CT molecular complexity index is 1410. The van der Waals surface area contributed by atoms with Crippen LogP contribution in [-0.4, -0.2) is 53.2 Å². The third kappa shape index (κ3) is 3.81. The number of aliphatic hydroxyl groups is 1. The van der Waals surface area contributed by atoms with E-state index < -0.39 is 5.60 Å². The summed E-state index contributed by atoms with van der Waals surface area (Å²) in [5, 5.41) is 15.5. The lowest BCUT2D eigenvalue weighted by Crippen LogP contribution is -2.62. The SMILES string of the molecule is O=C(OCC1c2ccccc2-c2ccccc21)N1C2COCC1CC(O)(c1ccc(-c3ccno3)cc1)C2. The Balaban J connectivity index is 1.08. The van der Waals surface area contributed by atoms with Gasteiger partial charge in [0.25, 0.3) is 0 Å². The number of morpholine rings is 1. The number of ether oxygens (including phenoxy) is 2. The maximum Gasteiger partial charge on any atom is 0.410 e. The molecule has 0 saturated carbocycles. The highest BCUT2D eigenvalue weighted by Crippen LogP contribution is 2.45. The molecule has 7 nitrogen and oxygen atoms in total. The van der Waals surface area contributed by atoms with E-state index in [0.717, 1.165) is 11.1 Å². The Morgan fingerprint density at radius 1 is 0.921 bits per heavy atom. The second-order valence-electron chi connectivity index (χ2n) is 10.5. The van der Waals surface area contributed by atoms with Gasteiger partial charge in [-0.3, -0.25) is 4.90 Å². The highest BCUT2D eigenvalue weighted by Gasteiger charge is 2.49. The summed E-state index contributed by atoms with van der Waals surface area (Å²) >= 11 is 0. The Hall–Kier alpha value is -3.94. The summed E-state index contributed by atoms with van der Waals surface area (Å²) in [6.45, 7) is 1.02. The molecule has 2 saturated heterocycles. The molecule has 1 N–H and O–H groups in total. The summed E-state index contributed by atoms with van der Waals surface area (Å²) in [4.78, 5) is 15.3. The first-order valence-corrected chi connectivity index (χ1v) is 13.1. The van der Waals surface area contributed by atoms with Gasteiger partial charge in [-0.15, -0.1) is 0 Å². The summed E-state index contributed by atoms with van der Waals surface area (Å²) in [6, 6.07) is 25.6. The van der Waals surface area contributed by atoms with Crippen molar-refractivity contribution in [3.8, 4) is 22.5 Å². The van der Waals surface area contributed by atoms with Gasteiger partial charge in [-0.25, -0.2) is 4.79 Å². The van der Waals surface area contributed by atoms with Gasteiger partial charge in [-0.1, -0.05) is 78.0 Å². The van der Waals surface area contributed by atoms with E-state index in [-0.39, 0.29) is 30.7 Å². The van der Waals surface area contributed by atoms with Gasteiger partial charge in [-0.2, -0.15) is 0 Å². The van der Waals surface area contributed by atoms with Crippen molar-refractivity contribution >= 4 is 6.09 Å². The zero-order valence-electron chi connectivity index (χ0n) is 20.8. The first-order chi connectivity index (χ1) is 18.6. The molecule has 2 aliphatic heterocycles. The van der Waals surface area contributed by atoms with Crippen molar-refractivity contribution in [1.29, 1.82) is 0 Å². The molecule has 2 atom stereocenters. The molecular formula is C31H28N2O5. The number of hydrogen-bond acceptors (Lipinski definition) is 6. The monoisotopic (exact) mass is 508 g/mol. The molecule has 38 heavy (non-hydrogen) atoms. The van der Waals surface area contributed by atoms with E-state index in [1.54, 1.807) is 17.2 Å². The van der Waals surface area contributed by atoms with Crippen molar-refractivity contribution in [3.05, 3.63) is 102 Å². The second-order valence-corrected chi connectivity index (χ2v) is 10.5. The van der Waals surface area contributed by atoms with Crippen LogP contribution in [0.25, 0.3) is 22.5 Å². The summed E-state index contributed by atoms with van der Waals surface area (Å²) in [5.74, 6) is 0.686. The molecule has 2 unspecified atom stereocenters. The predicted octanol–water partition coefficient (Wildman–Crippen LogP) is 5.34. The first-order valence-electron chi connectivity index (χ1n) is 13.1. The van der Waals surface area contributed by atoms with Gasteiger partial charge in [0, 0.05) is 30.4 Å². The summed E-state index contributed by atoms with van der Waals surface area (Å²) in [5.41, 5.74) is 5.44. The van der Waals surface area contributed by atoms with Crippen molar-refractivity contribution in [3.63, 3.8) is 0 Å². The summed E-state index contributed by atoms with van der Waals surface area (Å²) in [7, 11) is 0. The molecule has 3 heterocycles. The van der Waals surface area contributed by atoms with E-state index in [9.17, 15) is 9.90 Å². The summed E-state index contributed by atoms with van der Waals surface area (Å²) < 4.78 is 17.0. The maximum atomic E-state index is 13.5. The number of amides is 1. The van der Waals surface area contributed by atoms with Crippen LogP contribution in [0.4, 0.5) is 4.79 Å². The van der Waals surface area contributed by atoms with Crippen molar-refractivity contribution in [2.75, 3.05) is 19.8 Å². The van der Waals surface area contributed by atoms with E-state index in [2.05, 4.69) is 29.4 Å². The molecule has 1 aliphatic carbocycles. The van der Waals surface area contributed by atoms with Crippen LogP contribution in [0.3, 0.4) is 0 Å². The van der Waals surface area contributed by atoms with Crippen molar-refractivity contribution < 1.29 is 23.9 Å². The second kappa shape index (κ2) is 9.11. The van der Waals surface area contributed by atoms with Crippen LogP contribution < -0.4 is 0 Å². The minimum atomic E-state index is -1.06. The number of carbonyl (C=O) groups excluding carboxylic acids is 1. The van der Waals surface area contributed by atoms with Crippen LogP contribution in [-0.2, 0) is 15.1 Å². The lowest BCUT2D eigenvalue weighted by molar-refractivity contribution is -0.136. The predicted molar refractivity (Wildman–Crippen MR) is 140 cm³/mol. The van der Waals surface area contributed by atoms with E-state index in [4.69, 9.17) is 14.0 Å². The van der Waals surface area contributed by atoms with Gasteiger partial charge in [0.05, 0.1) is 37.1 Å². The Kier molecular flexibility index (Phi) is 5.56. The van der Waals surface area contributed by atoms with Gasteiger partial charge >= 0.3 is 6.09 Å². The molecule has 2 bridgehead atoms. The van der Waals surface area contributed by atoms with E-state index in [1.807, 2.05) is 48.5 Å². The lowest BCUT2D eigenvalue weighted by atomic mass is 9.77. The minimum Gasteiger partial charge on any atom is -0.448 e. The van der Waals surface area contributed by atoms with Crippen molar-refractivity contribution in [2.45, 2.75) is 36.4 Å². The smallest absolute Gasteiger partial charge is 0.410 e. The van der Waals surface area contributed by atoms with Crippen LogP contribution in [0.5, 0.6) is 0 Å². The zero-order chi connectivity index (χ0) is 25.7. The molecule has 4 aromatic rings. The topological polar surface area (TPSA) is 85.0 Å². The molecule has 1 amide bonds.